The van der Waals surface area contributed by atoms with Gasteiger partial charge in [-0.15, -0.1) is 0 Å². The Kier molecular flexibility index (Phi) is 5.88. The molecule has 1 aliphatic heterocycles. The first kappa shape index (κ1) is 24.7. The third-order valence-corrected chi connectivity index (χ3v) is 7.86. The van der Waals surface area contributed by atoms with Gasteiger partial charge >= 0.3 is 0 Å². The summed E-state index contributed by atoms with van der Waals surface area (Å²) in [7, 11) is 3.07. The Balaban J connectivity index is 1.51. The van der Waals surface area contributed by atoms with Crippen LogP contribution in [-0.2, 0) is 4.79 Å². The first-order chi connectivity index (χ1) is 18.8. The highest BCUT2D eigenvalue weighted by Crippen LogP contribution is 2.45. The molecule has 2 aromatic heterocycles. The number of anilines is 1. The van der Waals surface area contributed by atoms with Crippen LogP contribution in [0.15, 0.2) is 76.4 Å². The van der Waals surface area contributed by atoms with Gasteiger partial charge in [-0.1, -0.05) is 41.7 Å². The predicted molar refractivity (Wildman–Crippen MR) is 149 cm³/mol. The van der Waals surface area contributed by atoms with Crippen LogP contribution in [0.2, 0.25) is 0 Å². The van der Waals surface area contributed by atoms with E-state index in [2.05, 4.69) is 0 Å². The summed E-state index contributed by atoms with van der Waals surface area (Å²) in [6.45, 7) is 3.96. The molecular formula is C30H24N2O6S. The molecule has 9 heteroatoms. The number of methoxy groups -OCH3 is 2. The number of furan rings is 1. The van der Waals surface area contributed by atoms with Crippen molar-refractivity contribution in [3.05, 3.63) is 94.4 Å². The lowest BCUT2D eigenvalue weighted by atomic mass is 9.95. The van der Waals surface area contributed by atoms with Crippen molar-refractivity contribution in [2.24, 2.45) is 0 Å². The average molecular weight is 541 g/mol. The van der Waals surface area contributed by atoms with Gasteiger partial charge < -0.3 is 19.0 Å². The maximum absolute atomic E-state index is 14.0. The van der Waals surface area contributed by atoms with Crippen LogP contribution in [0, 0.1) is 13.8 Å². The fourth-order valence-electron chi connectivity index (χ4n) is 5.04. The number of benzene rings is 3. The molecule has 8 nitrogen and oxygen atoms in total. The van der Waals surface area contributed by atoms with Gasteiger partial charge in [0, 0.05) is 5.39 Å². The van der Waals surface area contributed by atoms with Crippen molar-refractivity contribution in [3.8, 4) is 11.5 Å². The van der Waals surface area contributed by atoms with E-state index in [1.807, 2.05) is 26.0 Å². The first-order valence-electron chi connectivity index (χ1n) is 12.2. The maximum atomic E-state index is 14.0. The van der Waals surface area contributed by atoms with E-state index in [1.165, 1.54) is 23.3 Å². The fraction of sp³-hybridized carbons (Fsp3) is 0.167. The van der Waals surface area contributed by atoms with Crippen molar-refractivity contribution < 1.29 is 28.6 Å². The van der Waals surface area contributed by atoms with Crippen molar-refractivity contribution in [3.63, 3.8) is 0 Å². The summed E-state index contributed by atoms with van der Waals surface area (Å²) >= 11 is 1.33. The standard InChI is InChI=1S/C30H24N2O6S/c1-15-12-16(2)24-22(13-15)39-30(31-24)32-25(17-8-10-19(36-3)11-9-17)23(27(34)29(32)35)26(33)21-14-18-6-5-7-20(37-4)28(18)38-21/h5-14,25,34H,1-4H3. The second-order valence-corrected chi connectivity index (χ2v) is 10.4. The smallest absolute Gasteiger partial charge is 0.296 e. The summed E-state index contributed by atoms with van der Waals surface area (Å²) in [5.41, 5.74) is 3.75. The second kappa shape index (κ2) is 9.28. The Bertz CT molecular complexity index is 1810. The van der Waals surface area contributed by atoms with Gasteiger partial charge in [-0.05, 0) is 60.9 Å². The van der Waals surface area contributed by atoms with Crippen LogP contribution < -0.4 is 14.4 Å². The van der Waals surface area contributed by atoms with Crippen molar-refractivity contribution in [2.45, 2.75) is 19.9 Å². The Morgan fingerprint density at radius 3 is 2.54 bits per heavy atom. The van der Waals surface area contributed by atoms with Gasteiger partial charge in [0.25, 0.3) is 5.91 Å². The quantitative estimate of drug-likeness (QED) is 0.247. The number of thiazole rings is 1. The lowest BCUT2D eigenvalue weighted by Crippen LogP contribution is -2.30. The monoisotopic (exact) mass is 540 g/mol. The number of aromatic nitrogens is 1. The molecule has 0 aliphatic carbocycles. The van der Waals surface area contributed by atoms with E-state index in [4.69, 9.17) is 18.9 Å². The minimum atomic E-state index is -0.937. The van der Waals surface area contributed by atoms with Crippen LogP contribution in [0.1, 0.15) is 33.3 Å². The molecule has 3 heterocycles. The summed E-state index contributed by atoms with van der Waals surface area (Å²) in [6.07, 6.45) is 0. The predicted octanol–water partition coefficient (Wildman–Crippen LogP) is 6.46. The molecule has 3 aromatic carbocycles. The zero-order chi connectivity index (χ0) is 27.4. The van der Waals surface area contributed by atoms with Gasteiger partial charge in [0.2, 0.25) is 5.78 Å². The van der Waals surface area contributed by atoms with E-state index < -0.39 is 23.5 Å². The number of aliphatic hydroxyl groups excluding tert-OH is 1. The summed E-state index contributed by atoms with van der Waals surface area (Å²) in [5.74, 6) is -0.871. The first-order valence-corrected chi connectivity index (χ1v) is 13.0. The van der Waals surface area contributed by atoms with Crippen LogP contribution in [0.3, 0.4) is 0 Å². The average Bonchev–Trinajstić information content (AvgIpc) is 3.62. The Hall–Kier alpha value is -4.63. The lowest BCUT2D eigenvalue weighted by molar-refractivity contribution is -0.117. The van der Waals surface area contributed by atoms with Gasteiger partial charge in [0.05, 0.1) is 36.1 Å². The van der Waals surface area contributed by atoms with Crippen LogP contribution in [-0.4, -0.2) is 36.0 Å². The highest BCUT2D eigenvalue weighted by Gasteiger charge is 2.46. The van der Waals surface area contributed by atoms with E-state index >= 15 is 0 Å². The topological polar surface area (TPSA) is 102 Å². The number of nitrogens with zero attached hydrogens (tertiary/aromatic N) is 2. The van der Waals surface area contributed by atoms with E-state index in [-0.39, 0.29) is 11.3 Å². The number of ether oxygens (including phenoxy) is 2. The molecule has 1 N–H and O–H groups in total. The molecule has 1 amide bonds. The Labute approximate surface area is 227 Å². The number of Topliss-reactive ketones (excluding diaryl/α,β-unsaturated/α-hetero) is 1. The van der Waals surface area contributed by atoms with E-state index in [9.17, 15) is 14.7 Å². The number of rotatable bonds is 6. The molecule has 6 rings (SSSR count). The van der Waals surface area contributed by atoms with Gasteiger partial charge in [0.15, 0.2) is 28.0 Å². The molecule has 0 fully saturated rings. The van der Waals surface area contributed by atoms with E-state index in [1.54, 1.807) is 55.6 Å². The normalized spacial score (nSPS) is 15.5. The van der Waals surface area contributed by atoms with Gasteiger partial charge in [-0.3, -0.25) is 14.5 Å². The molecule has 0 bridgehead atoms. The summed E-state index contributed by atoms with van der Waals surface area (Å²) < 4.78 is 17.5. The molecule has 1 aliphatic rings. The minimum absolute atomic E-state index is 0.0139. The minimum Gasteiger partial charge on any atom is -0.503 e. The number of carbonyl (C=O) groups excluding carboxylic acids is 2. The SMILES string of the molecule is COc1ccc(C2C(C(=O)c3cc4cccc(OC)c4o3)=C(O)C(=O)N2c2nc3c(C)cc(C)cc3s2)cc1. The molecule has 0 saturated heterocycles. The molecule has 0 saturated carbocycles. The number of ketones is 1. The molecule has 196 valence electrons. The second-order valence-electron chi connectivity index (χ2n) is 9.36. The Morgan fingerprint density at radius 1 is 1.05 bits per heavy atom. The maximum Gasteiger partial charge on any atom is 0.296 e. The molecule has 5 aromatic rings. The third-order valence-electron chi connectivity index (χ3n) is 6.86. The number of aryl methyl sites for hydroxylation is 2. The van der Waals surface area contributed by atoms with Crippen LogP contribution in [0.4, 0.5) is 5.13 Å². The Morgan fingerprint density at radius 2 is 1.82 bits per heavy atom. The van der Waals surface area contributed by atoms with Crippen LogP contribution in [0.25, 0.3) is 21.2 Å². The zero-order valence-electron chi connectivity index (χ0n) is 21.6. The number of hydrogen-bond donors (Lipinski definition) is 1. The van der Waals surface area contributed by atoms with Gasteiger partial charge in [-0.25, -0.2) is 4.98 Å². The van der Waals surface area contributed by atoms with Crippen molar-refractivity contribution >= 4 is 49.3 Å². The molecule has 39 heavy (non-hydrogen) atoms. The highest BCUT2D eigenvalue weighted by molar-refractivity contribution is 7.22. The van der Waals surface area contributed by atoms with Crippen molar-refractivity contribution in [2.75, 3.05) is 19.1 Å². The van der Waals surface area contributed by atoms with Gasteiger partial charge in [0.1, 0.15) is 5.75 Å². The number of aliphatic hydroxyl groups is 1. The van der Waals surface area contributed by atoms with Gasteiger partial charge in [-0.2, -0.15) is 0 Å². The molecule has 0 radical (unpaired) electrons. The van der Waals surface area contributed by atoms with E-state index in [0.717, 1.165) is 21.3 Å². The van der Waals surface area contributed by atoms with Crippen molar-refractivity contribution in [1.82, 2.24) is 4.98 Å². The zero-order valence-corrected chi connectivity index (χ0v) is 22.5. The number of carbonyl (C=O) groups is 2. The number of para-hydroxylation sites is 1. The van der Waals surface area contributed by atoms with Crippen molar-refractivity contribution in [1.29, 1.82) is 0 Å². The fourth-order valence-corrected chi connectivity index (χ4v) is 6.21. The lowest BCUT2D eigenvalue weighted by Gasteiger charge is -2.24. The number of amides is 1. The summed E-state index contributed by atoms with van der Waals surface area (Å²) in [5, 5.41) is 12.2. The third kappa shape index (κ3) is 3.93. The van der Waals surface area contributed by atoms with E-state index in [0.29, 0.717) is 33.2 Å². The summed E-state index contributed by atoms with van der Waals surface area (Å²) in [4.78, 5) is 33.7. The molecule has 1 atom stereocenters. The van der Waals surface area contributed by atoms with Crippen LogP contribution >= 0.6 is 11.3 Å². The number of hydrogen-bond acceptors (Lipinski definition) is 8. The largest absolute Gasteiger partial charge is 0.503 e. The molecule has 0 spiro atoms. The highest BCUT2D eigenvalue weighted by atomic mass is 32.1. The molecule has 1 unspecified atom stereocenters. The molecular weight excluding hydrogens is 516 g/mol. The number of fused-ring (bicyclic) bond motifs is 2. The van der Waals surface area contributed by atoms with Crippen LogP contribution in [0.5, 0.6) is 11.5 Å². The summed E-state index contributed by atoms with van der Waals surface area (Å²) in [6, 6.07) is 17.0.